The predicted octanol–water partition coefficient (Wildman–Crippen LogP) is 2.13. The molecule has 0 spiro atoms. The number of hydrogen-bond acceptors (Lipinski definition) is 3. The van der Waals surface area contributed by atoms with Gasteiger partial charge in [-0.1, -0.05) is 18.2 Å². The highest BCUT2D eigenvalue weighted by atomic mass is 16.2. The molecule has 0 radical (unpaired) electrons. The summed E-state index contributed by atoms with van der Waals surface area (Å²) in [7, 11) is 0. The van der Waals surface area contributed by atoms with Crippen molar-refractivity contribution in [3.05, 3.63) is 64.2 Å². The summed E-state index contributed by atoms with van der Waals surface area (Å²) in [5.41, 5.74) is 6.39. The van der Waals surface area contributed by atoms with Crippen molar-refractivity contribution in [2.45, 2.75) is 33.0 Å². The van der Waals surface area contributed by atoms with E-state index in [-0.39, 0.29) is 11.8 Å². The highest BCUT2D eigenvalue weighted by Crippen LogP contribution is 2.28. The first kappa shape index (κ1) is 15.8. The van der Waals surface area contributed by atoms with Crippen LogP contribution in [0.5, 0.6) is 0 Å². The van der Waals surface area contributed by atoms with Crippen molar-refractivity contribution in [3.63, 3.8) is 0 Å². The number of hydrogen-bond donors (Lipinski definition) is 2. The first-order valence-electron chi connectivity index (χ1n) is 8.62. The van der Waals surface area contributed by atoms with E-state index in [0.717, 1.165) is 36.3 Å². The lowest BCUT2D eigenvalue weighted by atomic mass is 10.1. The molecule has 2 heterocycles. The van der Waals surface area contributed by atoms with Gasteiger partial charge >= 0.3 is 0 Å². The number of rotatable bonds is 3. The molecule has 5 heteroatoms. The van der Waals surface area contributed by atoms with E-state index in [1.54, 1.807) is 17.9 Å². The minimum absolute atomic E-state index is 0.0436. The molecule has 0 unspecified atom stereocenters. The highest BCUT2D eigenvalue weighted by Gasteiger charge is 2.23. The summed E-state index contributed by atoms with van der Waals surface area (Å²) in [6.45, 7) is 4.60. The quantitative estimate of drug-likeness (QED) is 0.903. The molecule has 0 fully saturated rings. The molecule has 0 aromatic heterocycles. The number of carbonyl (C=O) groups excluding carboxylic acids is 2. The van der Waals surface area contributed by atoms with Crippen LogP contribution in [0, 0.1) is 0 Å². The smallest absolute Gasteiger partial charge is 0.251 e. The van der Waals surface area contributed by atoms with E-state index < -0.39 is 0 Å². The van der Waals surface area contributed by atoms with Gasteiger partial charge in [-0.2, -0.15) is 0 Å². The van der Waals surface area contributed by atoms with Crippen molar-refractivity contribution in [3.8, 4) is 0 Å². The molecular weight excluding hydrogens is 314 g/mol. The maximum absolute atomic E-state index is 12.5. The van der Waals surface area contributed by atoms with E-state index in [0.29, 0.717) is 18.7 Å². The largest absolute Gasteiger partial charge is 0.348 e. The molecule has 2 aliphatic rings. The van der Waals surface area contributed by atoms with Gasteiger partial charge < -0.3 is 15.5 Å². The molecule has 0 saturated carbocycles. The van der Waals surface area contributed by atoms with Gasteiger partial charge in [0.2, 0.25) is 5.91 Å². The predicted molar refractivity (Wildman–Crippen MR) is 96.3 cm³/mol. The lowest BCUT2D eigenvalue weighted by molar-refractivity contribution is -0.116. The molecule has 0 bridgehead atoms. The van der Waals surface area contributed by atoms with E-state index in [1.165, 1.54) is 11.1 Å². The lowest BCUT2D eigenvalue weighted by Gasteiger charge is -2.14. The molecule has 2 aromatic carbocycles. The minimum Gasteiger partial charge on any atom is -0.348 e. The Hall–Kier alpha value is -2.66. The Morgan fingerprint density at radius 3 is 2.76 bits per heavy atom. The maximum atomic E-state index is 12.5. The van der Waals surface area contributed by atoms with Gasteiger partial charge in [0.1, 0.15) is 0 Å². The standard InChI is InChI=1S/C20H21N3O2/c1-13(24)23-7-6-15-9-16(4-5-19(15)23)20(25)22-10-14-2-3-17-11-21-12-18(17)8-14/h2-5,8-9,21H,6-7,10-12H2,1H3,(H,22,25). The number of fused-ring (bicyclic) bond motifs is 2. The molecule has 0 aliphatic carbocycles. The Balaban J connectivity index is 1.44. The average molecular weight is 335 g/mol. The SMILES string of the molecule is CC(=O)N1CCc2cc(C(=O)NCc3ccc4c(c3)CNC4)ccc21. The average Bonchev–Trinajstić information content (AvgIpc) is 3.24. The minimum atomic E-state index is -0.0808. The van der Waals surface area contributed by atoms with Crippen molar-refractivity contribution in [1.82, 2.24) is 10.6 Å². The number of anilines is 1. The van der Waals surface area contributed by atoms with E-state index in [1.807, 2.05) is 12.1 Å². The summed E-state index contributed by atoms with van der Waals surface area (Å²) in [6, 6.07) is 11.9. The summed E-state index contributed by atoms with van der Waals surface area (Å²) >= 11 is 0. The summed E-state index contributed by atoms with van der Waals surface area (Å²) < 4.78 is 0. The fourth-order valence-electron chi connectivity index (χ4n) is 3.61. The summed E-state index contributed by atoms with van der Waals surface area (Å²) in [4.78, 5) is 25.8. The molecule has 2 amide bonds. The Labute approximate surface area is 147 Å². The van der Waals surface area contributed by atoms with E-state index in [4.69, 9.17) is 0 Å². The van der Waals surface area contributed by atoms with Crippen molar-refractivity contribution in [2.75, 3.05) is 11.4 Å². The first-order chi connectivity index (χ1) is 12.1. The second kappa shape index (κ2) is 6.33. The second-order valence-electron chi connectivity index (χ2n) is 6.65. The van der Waals surface area contributed by atoms with Crippen LogP contribution in [-0.4, -0.2) is 18.4 Å². The van der Waals surface area contributed by atoms with Crippen LogP contribution in [0.2, 0.25) is 0 Å². The van der Waals surface area contributed by atoms with Gasteiger partial charge in [0, 0.05) is 44.4 Å². The molecule has 2 N–H and O–H groups in total. The Bertz CT molecular complexity index is 860. The van der Waals surface area contributed by atoms with Crippen LogP contribution in [0.25, 0.3) is 0 Å². The molecule has 0 atom stereocenters. The molecule has 5 nitrogen and oxygen atoms in total. The summed E-state index contributed by atoms with van der Waals surface area (Å²) in [5, 5.41) is 6.32. The third-order valence-electron chi connectivity index (χ3n) is 4.97. The topological polar surface area (TPSA) is 61.4 Å². The van der Waals surface area contributed by atoms with Crippen molar-refractivity contribution >= 4 is 17.5 Å². The van der Waals surface area contributed by atoms with Gasteiger partial charge in [-0.15, -0.1) is 0 Å². The Morgan fingerprint density at radius 2 is 1.92 bits per heavy atom. The zero-order chi connectivity index (χ0) is 17.4. The number of nitrogens with zero attached hydrogens (tertiary/aromatic N) is 1. The summed E-state index contributed by atoms with van der Waals surface area (Å²) in [5.74, 6) is -0.0373. The van der Waals surface area contributed by atoms with Crippen LogP contribution < -0.4 is 15.5 Å². The van der Waals surface area contributed by atoms with Crippen molar-refractivity contribution in [1.29, 1.82) is 0 Å². The Morgan fingerprint density at radius 1 is 1.08 bits per heavy atom. The van der Waals surface area contributed by atoms with Gasteiger partial charge in [-0.25, -0.2) is 0 Å². The maximum Gasteiger partial charge on any atom is 0.251 e. The second-order valence-corrected chi connectivity index (χ2v) is 6.65. The van der Waals surface area contributed by atoms with Gasteiger partial charge in [0.05, 0.1) is 0 Å². The zero-order valence-corrected chi connectivity index (χ0v) is 14.3. The van der Waals surface area contributed by atoms with E-state index >= 15 is 0 Å². The van der Waals surface area contributed by atoms with E-state index in [2.05, 4.69) is 28.8 Å². The van der Waals surface area contributed by atoms with Crippen molar-refractivity contribution in [2.24, 2.45) is 0 Å². The molecular formula is C20H21N3O2. The normalized spacial score (nSPS) is 15.0. The lowest BCUT2D eigenvalue weighted by Crippen LogP contribution is -2.26. The third-order valence-corrected chi connectivity index (χ3v) is 4.97. The van der Waals surface area contributed by atoms with Crippen LogP contribution in [0.3, 0.4) is 0 Å². The fourth-order valence-corrected chi connectivity index (χ4v) is 3.61. The Kier molecular flexibility index (Phi) is 4.01. The monoisotopic (exact) mass is 335 g/mol. The fraction of sp³-hybridized carbons (Fsp3) is 0.300. The van der Waals surface area contributed by atoms with Crippen LogP contribution >= 0.6 is 0 Å². The summed E-state index contributed by atoms with van der Waals surface area (Å²) in [6.07, 6.45) is 0.799. The van der Waals surface area contributed by atoms with Crippen molar-refractivity contribution < 1.29 is 9.59 Å². The van der Waals surface area contributed by atoms with Gasteiger partial charge in [0.15, 0.2) is 0 Å². The van der Waals surface area contributed by atoms with Gasteiger partial charge in [-0.3, -0.25) is 9.59 Å². The van der Waals surface area contributed by atoms with Crippen LogP contribution in [-0.2, 0) is 30.8 Å². The number of benzene rings is 2. The number of nitrogens with one attached hydrogen (secondary N) is 2. The molecule has 128 valence electrons. The van der Waals surface area contributed by atoms with Crippen LogP contribution in [0.15, 0.2) is 36.4 Å². The molecule has 4 rings (SSSR count). The van der Waals surface area contributed by atoms with Crippen LogP contribution in [0.4, 0.5) is 5.69 Å². The van der Waals surface area contributed by atoms with E-state index in [9.17, 15) is 9.59 Å². The zero-order valence-electron chi connectivity index (χ0n) is 14.3. The number of amides is 2. The first-order valence-corrected chi connectivity index (χ1v) is 8.62. The number of carbonyl (C=O) groups is 2. The van der Waals surface area contributed by atoms with Gasteiger partial charge in [0.25, 0.3) is 5.91 Å². The molecule has 2 aliphatic heterocycles. The molecule has 25 heavy (non-hydrogen) atoms. The molecule has 2 aromatic rings. The van der Waals surface area contributed by atoms with Gasteiger partial charge in [-0.05, 0) is 46.9 Å². The van der Waals surface area contributed by atoms with Crippen LogP contribution in [0.1, 0.15) is 39.5 Å². The highest BCUT2D eigenvalue weighted by molar-refractivity contribution is 5.97. The third kappa shape index (κ3) is 3.03. The molecule has 0 saturated heterocycles.